The molecule has 1 saturated carbocycles. The van der Waals surface area contributed by atoms with Crippen molar-refractivity contribution in [2.45, 2.75) is 58.0 Å². The standard InChI is InChI=1S/C25H31ClN6O5/c1-25(2,3)37-24(34)31(4)18-11-21(26)30-32-19(12-28-22(18)32)23(33)29-15-9-16(10-15)36-13-14-6-7-20(35-5)17(27)8-14/h6-8,11-12,15-16H,9-10,13,27H2,1-5H3,(H,29,33)/t15-,16+. The topological polar surface area (TPSA) is 133 Å². The zero-order valence-corrected chi connectivity index (χ0v) is 22.2. The maximum absolute atomic E-state index is 13.0. The number of amides is 2. The number of nitrogens with one attached hydrogen (secondary N) is 1. The molecule has 4 rings (SSSR count). The molecule has 0 atom stereocenters. The number of anilines is 2. The molecule has 0 bridgehead atoms. The second-order valence-electron chi connectivity index (χ2n) is 9.92. The van der Waals surface area contributed by atoms with Gasteiger partial charge < -0.3 is 25.3 Å². The molecule has 3 aromatic rings. The van der Waals surface area contributed by atoms with Crippen molar-refractivity contribution in [3.8, 4) is 5.75 Å². The second-order valence-corrected chi connectivity index (χ2v) is 10.3. The van der Waals surface area contributed by atoms with E-state index in [1.807, 2.05) is 18.2 Å². The summed E-state index contributed by atoms with van der Waals surface area (Å²) < 4.78 is 17.9. The highest BCUT2D eigenvalue weighted by Crippen LogP contribution is 2.28. The number of hydrogen-bond acceptors (Lipinski definition) is 8. The highest BCUT2D eigenvalue weighted by Gasteiger charge is 2.32. The first-order valence-electron chi connectivity index (χ1n) is 11.8. The van der Waals surface area contributed by atoms with Crippen LogP contribution in [-0.4, -0.2) is 58.5 Å². The quantitative estimate of drug-likeness (QED) is 0.440. The molecule has 0 unspecified atom stereocenters. The number of nitrogens with zero attached hydrogens (tertiary/aromatic N) is 4. The predicted molar refractivity (Wildman–Crippen MR) is 139 cm³/mol. The summed E-state index contributed by atoms with van der Waals surface area (Å²) in [5.74, 6) is 0.279. The second kappa shape index (κ2) is 10.4. The Labute approximate surface area is 219 Å². The number of aromatic nitrogens is 3. The molecule has 1 aliphatic rings. The first kappa shape index (κ1) is 26.5. The number of halogens is 1. The summed E-state index contributed by atoms with van der Waals surface area (Å²) in [6.07, 6.45) is 2.20. The maximum Gasteiger partial charge on any atom is 0.414 e. The fourth-order valence-electron chi connectivity index (χ4n) is 3.92. The van der Waals surface area contributed by atoms with Gasteiger partial charge >= 0.3 is 6.09 Å². The van der Waals surface area contributed by atoms with Crippen LogP contribution in [0.4, 0.5) is 16.2 Å². The van der Waals surface area contributed by atoms with Crippen LogP contribution in [-0.2, 0) is 16.1 Å². The van der Waals surface area contributed by atoms with Gasteiger partial charge in [-0.05, 0) is 51.3 Å². The summed E-state index contributed by atoms with van der Waals surface area (Å²) in [5.41, 5.74) is 7.65. The van der Waals surface area contributed by atoms with Crippen molar-refractivity contribution >= 4 is 40.6 Å². The van der Waals surface area contributed by atoms with Crippen molar-refractivity contribution in [1.82, 2.24) is 19.9 Å². The van der Waals surface area contributed by atoms with Crippen LogP contribution in [0.5, 0.6) is 5.75 Å². The van der Waals surface area contributed by atoms with Gasteiger partial charge in [0.1, 0.15) is 11.4 Å². The fraction of sp³-hybridized carbons (Fsp3) is 0.440. The molecule has 2 heterocycles. The van der Waals surface area contributed by atoms with Gasteiger partial charge in [-0.25, -0.2) is 14.3 Å². The fourth-order valence-corrected chi connectivity index (χ4v) is 4.10. The molecule has 0 aliphatic heterocycles. The number of ether oxygens (including phenoxy) is 3. The van der Waals surface area contributed by atoms with E-state index in [4.69, 9.17) is 31.5 Å². The van der Waals surface area contributed by atoms with Gasteiger partial charge in [-0.2, -0.15) is 5.10 Å². The Morgan fingerprint density at radius 3 is 2.65 bits per heavy atom. The third kappa shape index (κ3) is 6.05. The highest BCUT2D eigenvalue weighted by molar-refractivity contribution is 6.29. The van der Waals surface area contributed by atoms with Crippen molar-refractivity contribution in [2.24, 2.45) is 0 Å². The van der Waals surface area contributed by atoms with E-state index in [-0.39, 0.29) is 28.9 Å². The summed E-state index contributed by atoms with van der Waals surface area (Å²) in [6, 6.07) is 7.00. The summed E-state index contributed by atoms with van der Waals surface area (Å²) in [7, 11) is 3.12. The van der Waals surface area contributed by atoms with Crippen molar-refractivity contribution in [3.63, 3.8) is 0 Å². The number of carbonyl (C=O) groups excluding carboxylic acids is 2. The van der Waals surface area contributed by atoms with Crippen LogP contribution in [0.1, 0.15) is 49.7 Å². The monoisotopic (exact) mass is 530 g/mol. The molecule has 0 spiro atoms. The van der Waals surface area contributed by atoms with Gasteiger partial charge in [0.2, 0.25) is 0 Å². The van der Waals surface area contributed by atoms with Gasteiger partial charge in [-0.3, -0.25) is 9.69 Å². The Morgan fingerprint density at radius 1 is 1.27 bits per heavy atom. The zero-order valence-electron chi connectivity index (χ0n) is 21.4. The minimum Gasteiger partial charge on any atom is -0.495 e. The van der Waals surface area contributed by atoms with E-state index < -0.39 is 11.7 Å². The molecule has 3 N–H and O–H groups in total. The SMILES string of the molecule is COc1ccc(CO[C@H]2C[C@@H](NC(=O)c3cnc4c(N(C)C(=O)OC(C)(C)C)cc(Cl)nn34)C2)cc1N. The summed E-state index contributed by atoms with van der Waals surface area (Å²) in [5, 5.41) is 7.30. The van der Waals surface area contributed by atoms with E-state index in [1.54, 1.807) is 34.9 Å². The summed E-state index contributed by atoms with van der Waals surface area (Å²) >= 11 is 6.21. The number of benzene rings is 1. The number of carbonyl (C=O) groups is 2. The normalized spacial score (nSPS) is 17.2. The molecule has 0 saturated heterocycles. The molecular formula is C25H31ClN6O5. The van der Waals surface area contributed by atoms with Crippen LogP contribution in [0.2, 0.25) is 5.15 Å². The molecule has 1 aromatic carbocycles. The molecule has 1 fully saturated rings. The summed E-state index contributed by atoms with van der Waals surface area (Å²) in [4.78, 5) is 31.2. The van der Waals surface area contributed by atoms with E-state index in [1.165, 1.54) is 21.7 Å². The molecule has 37 heavy (non-hydrogen) atoms. The Bertz CT molecular complexity index is 1310. The molecule has 0 radical (unpaired) electrons. The number of methoxy groups -OCH3 is 1. The smallest absolute Gasteiger partial charge is 0.414 e. The van der Waals surface area contributed by atoms with Crippen LogP contribution in [0.25, 0.3) is 5.65 Å². The van der Waals surface area contributed by atoms with Gasteiger partial charge in [0.05, 0.1) is 37.4 Å². The number of nitrogen functional groups attached to an aromatic ring is 1. The predicted octanol–water partition coefficient (Wildman–Crippen LogP) is 3.82. The Hall–Kier alpha value is -3.57. The van der Waals surface area contributed by atoms with Crippen molar-refractivity contribution in [2.75, 3.05) is 24.8 Å². The van der Waals surface area contributed by atoms with Gasteiger partial charge in [0.25, 0.3) is 5.91 Å². The van der Waals surface area contributed by atoms with Crippen LogP contribution in [0, 0.1) is 0 Å². The summed E-state index contributed by atoms with van der Waals surface area (Å²) in [6.45, 7) is 5.74. The highest BCUT2D eigenvalue weighted by atomic mass is 35.5. The molecule has 1 aliphatic carbocycles. The molecule has 2 amide bonds. The molecular weight excluding hydrogens is 500 g/mol. The minimum atomic E-state index is -0.675. The lowest BCUT2D eigenvalue weighted by atomic mass is 9.89. The Morgan fingerprint density at radius 2 is 2.00 bits per heavy atom. The zero-order chi connectivity index (χ0) is 26.9. The Balaban J connectivity index is 1.37. The van der Waals surface area contributed by atoms with E-state index in [9.17, 15) is 9.59 Å². The Kier molecular flexibility index (Phi) is 7.47. The third-order valence-corrected chi connectivity index (χ3v) is 6.07. The lowest BCUT2D eigenvalue weighted by molar-refractivity contribution is -0.0251. The van der Waals surface area contributed by atoms with Gasteiger partial charge in [-0.1, -0.05) is 17.7 Å². The van der Waals surface area contributed by atoms with E-state index >= 15 is 0 Å². The molecule has 198 valence electrons. The first-order chi connectivity index (χ1) is 17.4. The maximum atomic E-state index is 13.0. The number of hydrogen-bond donors (Lipinski definition) is 2. The van der Waals surface area contributed by atoms with Gasteiger partial charge in [0.15, 0.2) is 16.5 Å². The van der Waals surface area contributed by atoms with Crippen molar-refractivity contribution in [1.29, 1.82) is 0 Å². The van der Waals surface area contributed by atoms with E-state index in [2.05, 4.69) is 15.4 Å². The van der Waals surface area contributed by atoms with Gasteiger partial charge in [0, 0.05) is 19.2 Å². The van der Waals surface area contributed by atoms with Crippen LogP contribution >= 0.6 is 11.6 Å². The first-order valence-corrected chi connectivity index (χ1v) is 12.2. The van der Waals surface area contributed by atoms with E-state index in [0.717, 1.165) is 5.56 Å². The third-order valence-electron chi connectivity index (χ3n) is 5.89. The lowest BCUT2D eigenvalue weighted by Gasteiger charge is -2.35. The largest absolute Gasteiger partial charge is 0.495 e. The van der Waals surface area contributed by atoms with Gasteiger partial charge in [-0.15, -0.1) is 0 Å². The number of imidazole rings is 1. The average Bonchev–Trinajstić information content (AvgIpc) is 3.22. The lowest BCUT2D eigenvalue weighted by Crippen LogP contribution is -2.48. The van der Waals surface area contributed by atoms with Crippen LogP contribution in [0.3, 0.4) is 0 Å². The number of nitrogens with two attached hydrogens (primary N) is 1. The number of rotatable bonds is 7. The minimum absolute atomic E-state index is 0.0254. The van der Waals surface area contributed by atoms with Crippen LogP contribution in [0.15, 0.2) is 30.5 Å². The molecule has 11 nitrogen and oxygen atoms in total. The molecule has 12 heteroatoms. The van der Waals surface area contributed by atoms with Crippen LogP contribution < -0.4 is 20.7 Å². The molecule has 2 aromatic heterocycles. The number of fused-ring (bicyclic) bond motifs is 1. The average molecular weight is 531 g/mol. The van der Waals surface area contributed by atoms with E-state index in [0.29, 0.717) is 42.2 Å². The van der Waals surface area contributed by atoms with Crippen molar-refractivity contribution in [3.05, 3.63) is 46.9 Å². The van der Waals surface area contributed by atoms with Crippen molar-refractivity contribution < 1.29 is 23.8 Å².